The average Bonchev–Trinajstić information content (AvgIpc) is 3.66. The first-order chi connectivity index (χ1) is 27.1. The standard InChI is InChI=1S/C47H70O10/c1-6-7-8-13-17-30(31-27-37(50)56-41(31)51)20-19-29(16-12-10-9-11-14-18-36(48)49)25-33-38(28(2)3)32-26-35-45(4)22-15-23-46(5,44(54)55)34(45)21-24-47(33,35)40-39(32)42(52)57-43(40)53/h13,17,28-35,38-40H,6-12,14-16,18-27H2,1-5H3,(H,48,49)(H,54,55)/b17-13+. The molecule has 7 rings (SSSR count). The summed E-state index contributed by atoms with van der Waals surface area (Å²) in [5.74, 6) is -3.71. The maximum absolute atomic E-state index is 14.1. The Bertz CT molecular complexity index is 1570. The first kappa shape index (κ1) is 43.5. The van der Waals surface area contributed by atoms with Crippen LogP contribution in [0.15, 0.2) is 12.2 Å². The number of carbonyl (C=O) groups excluding carboxylic acids is 4. The van der Waals surface area contributed by atoms with Gasteiger partial charge in [0.05, 0.1) is 29.6 Å². The summed E-state index contributed by atoms with van der Waals surface area (Å²) in [6.45, 7) is 10.9. The number of ether oxygens (including phenoxy) is 2. The molecule has 318 valence electrons. The van der Waals surface area contributed by atoms with Crippen molar-refractivity contribution >= 4 is 35.8 Å². The zero-order valence-electron chi connectivity index (χ0n) is 35.3. The van der Waals surface area contributed by atoms with Gasteiger partial charge in [-0.2, -0.15) is 0 Å². The van der Waals surface area contributed by atoms with E-state index in [2.05, 4.69) is 39.8 Å². The summed E-state index contributed by atoms with van der Waals surface area (Å²) in [6.07, 6.45) is 20.2. The smallest absolute Gasteiger partial charge is 0.318 e. The van der Waals surface area contributed by atoms with E-state index in [9.17, 15) is 33.9 Å². The van der Waals surface area contributed by atoms with Crippen LogP contribution in [0, 0.1) is 81.3 Å². The van der Waals surface area contributed by atoms with Crippen molar-refractivity contribution in [2.45, 2.75) is 163 Å². The molecule has 10 heteroatoms. The van der Waals surface area contributed by atoms with E-state index >= 15 is 0 Å². The van der Waals surface area contributed by atoms with E-state index in [-0.39, 0.29) is 77.5 Å². The highest BCUT2D eigenvalue weighted by atomic mass is 16.6. The van der Waals surface area contributed by atoms with Gasteiger partial charge >= 0.3 is 35.8 Å². The van der Waals surface area contributed by atoms with Crippen LogP contribution < -0.4 is 0 Å². The number of hydrogen-bond acceptors (Lipinski definition) is 8. The van der Waals surface area contributed by atoms with Gasteiger partial charge in [-0.15, -0.1) is 0 Å². The Balaban J connectivity index is 1.34. The Hall–Kier alpha value is -3.04. The number of rotatable bonds is 20. The zero-order valence-corrected chi connectivity index (χ0v) is 35.3. The molecule has 0 radical (unpaired) electrons. The second-order valence-corrected chi connectivity index (χ2v) is 20.1. The summed E-state index contributed by atoms with van der Waals surface area (Å²) in [5.41, 5.74) is -1.59. The van der Waals surface area contributed by atoms with E-state index < -0.39 is 52.5 Å². The van der Waals surface area contributed by atoms with E-state index in [1.54, 1.807) is 0 Å². The number of aliphatic carboxylic acids is 2. The van der Waals surface area contributed by atoms with Gasteiger partial charge in [-0.05, 0) is 129 Å². The van der Waals surface area contributed by atoms with Gasteiger partial charge in [-0.3, -0.25) is 28.8 Å². The number of carbonyl (C=O) groups is 6. The minimum Gasteiger partial charge on any atom is -0.481 e. The van der Waals surface area contributed by atoms with Crippen molar-refractivity contribution < 1.29 is 48.5 Å². The summed E-state index contributed by atoms with van der Waals surface area (Å²) in [5, 5.41) is 19.8. The molecule has 13 atom stereocenters. The second kappa shape index (κ2) is 17.7. The minimum atomic E-state index is -0.834. The number of carboxylic acids is 2. The van der Waals surface area contributed by atoms with E-state index in [0.717, 1.165) is 103 Å². The van der Waals surface area contributed by atoms with Crippen LogP contribution in [-0.2, 0) is 38.2 Å². The van der Waals surface area contributed by atoms with E-state index in [1.807, 2.05) is 6.92 Å². The topological polar surface area (TPSA) is 161 Å². The quantitative estimate of drug-likeness (QED) is 0.0526. The molecule has 0 aromatic carbocycles. The lowest BCUT2D eigenvalue weighted by molar-refractivity contribution is -0.264. The molecule has 0 aromatic rings. The summed E-state index contributed by atoms with van der Waals surface area (Å²) in [4.78, 5) is 77.1. The molecule has 57 heavy (non-hydrogen) atoms. The molecule has 5 aliphatic carbocycles. The second-order valence-electron chi connectivity index (χ2n) is 20.1. The largest absolute Gasteiger partial charge is 0.481 e. The lowest BCUT2D eigenvalue weighted by Gasteiger charge is -2.73. The van der Waals surface area contributed by atoms with Gasteiger partial charge in [0, 0.05) is 6.42 Å². The predicted octanol–water partition coefficient (Wildman–Crippen LogP) is 9.57. The minimum absolute atomic E-state index is 0.0113. The summed E-state index contributed by atoms with van der Waals surface area (Å²) < 4.78 is 10.7. The molecule has 2 N–H and O–H groups in total. The van der Waals surface area contributed by atoms with Gasteiger partial charge in [0.1, 0.15) is 0 Å². The highest BCUT2D eigenvalue weighted by Crippen LogP contribution is 2.78. The molecule has 0 aromatic heterocycles. The first-order valence-corrected chi connectivity index (χ1v) is 22.7. The number of cyclic esters (lactones) is 4. The number of fused-ring (bicyclic) bond motifs is 2. The van der Waals surface area contributed by atoms with E-state index in [0.29, 0.717) is 12.8 Å². The first-order valence-electron chi connectivity index (χ1n) is 22.7. The number of allylic oxidation sites excluding steroid dienone is 2. The maximum Gasteiger partial charge on any atom is 0.318 e. The van der Waals surface area contributed by atoms with Gasteiger partial charge in [-0.25, -0.2) is 0 Å². The Kier molecular flexibility index (Phi) is 13.5. The van der Waals surface area contributed by atoms with E-state index in [4.69, 9.17) is 14.6 Å². The van der Waals surface area contributed by atoms with Gasteiger partial charge in [0.2, 0.25) is 0 Å². The highest BCUT2D eigenvalue weighted by molar-refractivity contribution is 5.98. The fourth-order valence-electron chi connectivity index (χ4n) is 14.5. The Morgan fingerprint density at radius 3 is 2.26 bits per heavy atom. The number of unbranched alkanes of at least 4 members (excludes halogenated alkanes) is 6. The van der Waals surface area contributed by atoms with Crippen LogP contribution in [0.2, 0.25) is 0 Å². The fraction of sp³-hybridized carbons (Fsp3) is 0.830. The maximum atomic E-state index is 14.1. The van der Waals surface area contributed by atoms with Crippen molar-refractivity contribution in [3.8, 4) is 0 Å². The fourth-order valence-corrected chi connectivity index (χ4v) is 14.5. The zero-order chi connectivity index (χ0) is 41.3. The third kappa shape index (κ3) is 8.14. The molecule has 2 bridgehead atoms. The Morgan fingerprint density at radius 2 is 1.60 bits per heavy atom. The Morgan fingerprint density at radius 1 is 0.860 bits per heavy atom. The van der Waals surface area contributed by atoms with Crippen LogP contribution in [0.1, 0.15) is 163 Å². The average molecular weight is 795 g/mol. The van der Waals surface area contributed by atoms with Gasteiger partial charge in [-0.1, -0.05) is 91.2 Å². The van der Waals surface area contributed by atoms with Crippen LogP contribution in [-0.4, -0.2) is 46.0 Å². The van der Waals surface area contributed by atoms with Crippen molar-refractivity contribution in [2.24, 2.45) is 81.3 Å². The van der Waals surface area contributed by atoms with Crippen LogP contribution >= 0.6 is 0 Å². The molecule has 7 aliphatic rings. The molecular formula is C47H70O10. The van der Waals surface area contributed by atoms with Gasteiger partial charge < -0.3 is 19.7 Å². The molecular weight excluding hydrogens is 725 g/mol. The highest BCUT2D eigenvalue weighted by Gasteiger charge is 2.77. The van der Waals surface area contributed by atoms with E-state index in [1.165, 1.54) is 0 Å². The van der Waals surface area contributed by atoms with Crippen molar-refractivity contribution in [1.82, 2.24) is 0 Å². The summed E-state index contributed by atoms with van der Waals surface area (Å²) in [7, 11) is 0. The van der Waals surface area contributed by atoms with Gasteiger partial charge in [0.15, 0.2) is 0 Å². The molecule has 13 unspecified atom stereocenters. The number of esters is 4. The van der Waals surface area contributed by atoms with Crippen molar-refractivity contribution in [3.05, 3.63) is 12.2 Å². The molecule has 0 amide bonds. The number of hydrogen-bond donors (Lipinski definition) is 2. The molecule has 7 fully saturated rings. The molecule has 2 heterocycles. The molecule has 10 nitrogen and oxygen atoms in total. The van der Waals surface area contributed by atoms with Crippen LogP contribution in [0.25, 0.3) is 0 Å². The van der Waals surface area contributed by atoms with Crippen molar-refractivity contribution in [3.63, 3.8) is 0 Å². The normalized spacial score (nSPS) is 38.1. The monoisotopic (exact) mass is 794 g/mol. The van der Waals surface area contributed by atoms with Crippen molar-refractivity contribution in [2.75, 3.05) is 0 Å². The molecule has 2 saturated heterocycles. The molecule has 1 spiro atoms. The molecule has 2 aliphatic heterocycles. The SMILES string of the molecule is CCCC/C=C/C(CCC(CCCCCCCC(=O)O)CC1C(C(C)C)C2CC3C4(C)CCCC(C)(C(=O)O)C4CCC13C1C(=O)OC(=O)C21)C1CC(=O)OC1=O. The third-order valence-electron chi connectivity index (χ3n) is 16.9. The van der Waals surface area contributed by atoms with Crippen molar-refractivity contribution in [1.29, 1.82) is 0 Å². The Labute approximate surface area is 340 Å². The number of carboxylic acid groups (broad SMARTS) is 2. The van der Waals surface area contributed by atoms with Crippen LogP contribution in [0.4, 0.5) is 0 Å². The van der Waals surface area contributed by atoms with Gasteiger partial charge in [0.25, 0.3) is 0 Å². The lowest BCUT2D eigenvalue weighted by Crippen LogP contribution is -2.71. The van der Waals surface area contributed by atoms with Crippen LogP contribution in [0.5, 0.6) is 0 Å². The summed E-state index contributed by atoms with van der Waals surface area (Å²) >= 11 is 0. The lowest BCUT2D eigenvalue weighted by atomic mass is 9.29. The third-order valence-corrected chi connectivity index (χ3v) is 16.9. The predicted molar refractivity (Wildman–Crippen MR) is 213 cm³/mol. The van der Waals surface area contributed by atoms with Crippen LogP contribution in [0.3, 0.4) is 0 Å². The summed E-state index contributed by atoms with van der Waals surface area (Å²) in [6, 6.07) is 0. The molecule has 5 saturated carbocycles.